The van der Waals surface area contributed by atoms with Crippen LogP contribution in [-0.4, -0.2) is 60.6 Å². The molecule has 0 unspecified atom stereocenters. The zero-order chi connectivity index (χ0) is 18.4. The summed E-state index contributed by atoms with van der Waals surface area (Å²) in [5.74, 6) is -0.859. The number of aliphatic hydroxyl groups is 1. The van der Waals surface area contributed by atoms with E-state index in [-0.39, 0.29) is 25.4 Å². The molecule has 2 atom stereocenters. The summed E-state index contributed by atoms with van der Waals surface area (Å²) in [7, 11) is 4.09. The fraction of sp³-hybridized carbons (Fsp3) is 0.632. The average Bonchev–Trinajstić information content (AvgIpc) is 2.58. The molecule has 0 bridgehead atoms. The van der Waals surface area contributed by atoms with Crippen molar-refractivity contribution in [2.45, 2.75) is 38.1 Å². The molecular weight excluding hydrogens is 326 g/mol. The minimum atomic E-state index is -0.606. The summed E-state index contributed by atoms with van der Waals surface area (Å²) in [6, 6.07) is 3.88. The lowest BCUT2D eigenvalue weighted by Gasteiger charge is -2.41. The molecule has 1 aromatic carbocycles. The Labute approximate surface area is 148 Å². The molecule has 0 spiro atoms. The molecule has 0 saturated carbocycles. The highest BCUT2D eigenvalue weighted by atomic mass is 19.1. The van der Waals surface area contributed by atoms with E-state index in [0.29, 0.717) is 30.6 Å². The van der Waals surface area contributed by atoms with Gasteiger partial charge >= 0.3 is 0 Å². The maximum absolute atomic E-state index is 13.7. The van der Waals surface area contributed by atoms with Crippen LogP contribution in [-0.2, 0) is 11.2 Å². The summed E-state index contributed by atoms with van der Waals surface area (Å²) < 4.78 is 26.6. The summed E-state index contributed by atoms with van der Waals surface area (Å²) >= 11 is 0. The molecule has 0 aliphatic carbocycles. The first-order chi connectivity index (χ1) is 11.9. The fourth-order valence-electron chi connectivity index (χ4n) is 3.69. The maximum Gasteiger partial charge on any atom is 0.222 e. The van der Waals surface area contributed by atoms with Crippen LogP contribution < -0.4 is 0 Å². The molecule has 1 aromatic rings. The van der Waals surface area contributed by atoms with Gasteiger partial charge in [-0.3, -0.25) is 4.79 Å². The van der Waals surface area contributed by atoms with Gasteiger partial charge in [-0.15, -0.1) is 0 Å². The highest BCUT2D eigenvalue weighted by Crippen LogP contribution is 2.25. The van der Waals surface area contributed by atoms with E-state index in [1.54, 1.807) is 0 Å². The van der Waals surface area contributed by atoms with Crippen molar-refractivity contribution in [3.05, 3.63) is 35.4 Å². The van der Waals surface area contributed by atoms with Gasteiger partial charge < -0.3 is 14.9 Å². The van der Waals surface area contributed by atoms with E-state index in [2.05, 4.69) is 4.90 Å². The molecule has 140 valence electrons. The summed E-state index contributed by atoms with van der Waals surface area (Å²) in [5.41, 5.74) is 0.370. The highest BCUT2D eigenvalue weighted by Gasteiger charge is 2.32. The van der Waals surface area contributed by atoms with Gasteiger partial charge in [0.2, 0.25) is 5.91 Å². The van der Waals surface area contributed by atoms with Crippen LogP contribution >= 0.6 is 0 Å². The summed E-state index contributed by atoms with van der Waals surface area (Å²) in [6.45, 7) is 1.53. The van der Waals surface area contributed by atoms with E-state index in [0.717, 1.165) is 25.3 Å². The Balaban J connectivity index is 1.92. The Morgan fingerprint density at radius 3 is 2.76 bits per heavy atom. The molecule has 1 aliphatic rings. The van der Waals surface area contributed by atoms with E-state index in [4.69, 9.17) is 5.11 Å². The SMILES string of the molecule is CN(C)[C@H]1CCN(C(=O)CCc2ccc(F)cc2F)C[C@H]1CCCO. The number of carbonyl (C=O) groups is 1. The summed E-state index contributed by atoms with van der Waals surface area (Å²) in [6.07, 6.45) is 3.02. The van der Waals surface area contributed by atoms with Gasteiger partial charge in [-0.2, -0.15) is 0 Å². The lowest BCUT2D eigenvalue weighted by molar-refractivity contribution is -0.134. The van der Waals surface area contributed by atoms with Crippen LogP contribution in [0.15, 0.2) is 18.2 Å². The molecule has 1 aliphatic heterocycles. The predicted octanol–water partition coefficient (Wildman–Crippen LogP) is 2.45. The number of aryl methyl sites for hydroxylation is 1. The Morgan fingerprint density at radius 2 is 2.12 bits per heavy atom. The second-order valence-electron chi connectivity index (χ2n) is 7.02. The van der Waals surface area contributed by atoms with E-state index in [1.165, 1.54) is 12.1 Å². The number of carbonyl (C=O) groups excluding carboxylic acids is 1. The van der Waals surface area contributed by atoms with Gasteiger partial charge in [0, 0.05) is 38.2 Å². The summed E-state index contributed by atoms with van der Waals surface area (Å²) in [5, 5.41) is 9.10. The molecule has 25 heavy (non-hydrogen) atoms. The van der Waals surface area contributed by atoms with Crippen LogP contribution in [0.4, 0.5) is 8.78 Å². The van der Waals surface area contributed by atoms with E-state index < -0.39 is 11.6 Å². The van der Waals surface area contributed by atoms with Crippen molar-refractivity contribution < 1.29 is 18.7 Å². The molecule has 1 fully saturated rings. The molecule has 6 heteroatoms. The van der Waals surface area contributed by atoms with Crippen LogP contribution in [0.3, 0.4) is 0 Å². The van der Waals surface area contributed by atoms with Crippen molar-refractivity contribution in [1.82, 2.24) is 9.80 Å². The standard InChI is InChI=1S/C19H28F2N2O2/c1-22(2)18-9-10-23(13-15(18)4-3-11-24)19(25)8-6-14-5-7-16(20)12-17(14)21/h5,7,12,15,18,24H,3-4,6,8-11,13H2,1-2H3/t15-,18+/m1/s1. The number of nitrogens with zero attached hydrogens (tertiary/aromatic N) is 2. The number of hydrogen-bond acceptors (Lipinski definition) is 3. The first kappa shape index (κ1) is 19.8. The van der Waals surface area contributed by atoms with E-state index >= 15 is 0 Å². The van der Waals surface area contributed by atoms with Crippen molar-refractivity contribution in [1.29, 1.82) is 0 Å². The molecule has 1 amide bonds. The van der Waals surface area contributed by atoms with Crippen molar-refractivity contribution >= 4 is 5.91 Å². The number of aliphatic hydroxyl groups excluding tert-OH is 1. The molecule has 1 N–H and O–H groups in total. The number of likely N-dealkylation sites (tertiary alicyclic amines) is 1. The maximum atomic E-state index is 13.7. The minimum absolute atomic E-state index is 0.00919. The molecular formula is C19H28F2N2O2. The van der Waals surface area contributed by atoms with Gasteiger partial charge in [0.05, 0.1) is 0 Å². The number of benzene rings is 1. The topological polar surface area (TPSA) is 43.8 Å². The molecule has 1 saturated heterocycles. The number of amides is 1. The third-order valence-electron chi connectivity index (χ3n) is 5.07. The highest BCUT2D eigenvalue weighted by molar-refractivity contribution is 5.76. The Bertz CT molecular complexity index is 581. The lowest BCUT2D eigenvalue weighted by Crippen LogP contribution is -2.50. The lowest BCUT2D eigenvalue weighted by atomic mass is 9.87. The van der Waals surface area contributed by atoms with Crippen molar-refractivity contribution in [2.24, 2.45) is 5.92 Å². The second kappa shape index (κ2) is 9.25. The third kappa shape index (κ3) is 5.47. The monoisotopic (exact) mass is 354 g/mol. The van der Waals surface area contributed by atoms with Crippen LogP contribution in [0, 0.1) is 17.6 Å². The van der Waals surface area contributed by atoms with E-state index in [1.807, 2.05) is 19.0 Å². The molecule has 0 radical (unpaired) electrons. The summed E-state index contributed by atoms with van der Waals surface area (Å²) in [4.78, 5) is 16.6. The van der Waals surface area contributed by atoms with Crippen LogP contribution in [0.5, 0.6) is 0 Å². The van der Waals surface area contributed by atoms with Gasteiger partial charge in [-0.1, -0.05) is 6.07 Å². The van der Waals surface area contributed by atoms with Gasteiger partial charge in [-0.25, -0.2) is 8.78 Å². The van der Waals surface area contributed by atoms with Crippen LogP contribution in [0.1, 0.15) is 31.2 Å². The van der Waals surface area contributed by atoms with Crippen molar-refractivity contribution in [3.8, 4) is 0 Å². The largest absolute Gasteiger partial charge is 0.396 e. The molecule has 2 rings (SSSR count). The molecule has 0 aromatic heterocycles. The molecule has 4 nitrogen and oxygen atoms in total. The number of halogens is 2. The zero-order valence-corrected chi connectivity index (χ0v) is 15.0. The number of piperidine rings is 1. The number of hydrogen-bond donors (Lipinski definition) is 1. The third-order valence-corrected chi connectivity index (χ3v) is 5.07. The van der Waals surface area contributed by atoms with Gasteiger partial charge in [-0.05, 0) is 57.3 Å². The predicted molar refractivity (Wildman–Crippen MR) is 93.2 cm³/mol. The first-order valence-electron chi connectivity index (χ1n) is 8.91. The normalized spacial score (nSPS) is 21.0. The fourth-order valence-corrected chi connectivity index (χ4v) is 3.69. The molecule has 1 heterocycles. The average molecular weight is 354 g/mol. The van der Waals surface area contributed by atoms with Crippen molar-refractivity contribution in [2.75, 3.05) is 33.8 Å². The van der Waals surface area contributed by atoms with Gasteiger partial charge in [0.15, 0.2) is 0 Å². The zero-order valence-electron chi connectivity index (χ0n) is 15.0. The van der Waals surface area contributed by atoms with Gasteiger partial charge in [0.1, 0.15) is 11.6 Å². The Hall–Kier alpha value is -1.53. The number of rotatable bonds is 7. The second-order valence-corrected chi connectivity index (χ2v) is 7.02. The Morgan fingerprint density at radius 1 is 1.36 bits per heavy atom. The minimum Gasteiger partial charge on any atom is -0.396 e. The van der Waals surface area contributed by atoms with Crippen LogP contribution in [0.25, 0.3) is 0 Å². The van der Waals surface area contributed by atoms with Gasteiger partial charge in [0.25, 0.3) is 0 Å². The Kier molecular flexibility index (Phi) is 7.32. The first-order valence-corrected chi connectivity index (χ1v) is 8.91. The van der Waals surface area contributed by atoms with E-state index in [9.17, 15) is 13.6 Å². The van der Waals surface area contributed by atoms with Crippen LogP contribution in [0.2, 0.25) is 0 Å². The smallest absolute Gasteiger partial charge is 0.222 e. The van der Waals surface area contributed by atoms with Crippen molar-refractivity contribution in [3.63, 3.8) is 0 Å². The quantitative estimate of drug-likeness (QED) is 0.818.